The van der Waals surface area contributed by atoms with Crippen molar-refractivity contribution in [2.45, 2.75) is 107 Å². The number of benzene rings is 3. The first-order valence-electron chi connectivity index (χ1n) is 24.7. The molecule has 2 saturated carbocycles. The number of halogens is 2. The Kier molecular flexibility index (Phi) is 12.9. The van der Waals surface area contributed by atoms with E-state index >= 15 is 4.39 Å². The van der Waals surface area contributed by atoms with E-state index in [4.69, 9.17) is 4.74 Å². The number of fused-ring (bicyclic) bond motifs is 2. The number of H-pyrrole nitrogens is 1. The summed E-state index contributed by atoms with van der Waals surface area (Å²) >= 11 is 0. The molecule has 0 radical (unpaired) electrons. The third-order valence-electron chi connectivity index (χ3n) is 15.7. The second-order valence-corrected chi connectivity index (χ2v) is 22.5. The van der Waals surface area contributed by atoms with Crippen LogP contribution in [0, 0.1) is 28.3 Å². The van der Waals surface area contributed by atoms with E-state index in [-0.39, 0.29) is 55.2 Å². The lowest BCUT2D eigenvalue weighted by Gasteiger charge is -2.57. The lowest BCUT2D eigenvalue weighted by Crippen LogP contribution is -2.98. The van der Waals surface area contributed by atoms with Gasteiger partial charge >= 0.3 is 0 Å². The van der Waals surface area contributed by atoms with Gasteiger partial charge in [0, 0.05) is 74.4 Å². The Labute approximate surface area is 407 Å². The molecule has 0 bridgehead atoms. The van der Waals surface area contributed by atoms with Crippen molar-refractivity contribution in [2.75, 3.05) is 50.0 Å². The number of piperidine rings is 1. The van der Waals surface area contributed by atoms with Crippen molar-refractivity contribution in [1.82, 2.24) is 24.6 Å². The molecule has 1 unspecified atom stereocenters. The summed E-state index contributed by atoms with van der Waals surface area (Å²) in [5.41, 5.74) is 3.55. The second kappa shape index (κ2) is 18.8. The Morgan fingerprint density at radius 1 is 0.986 bits per heavy atom. The minimum atomic E-state index is -4.71. The maximum absolute atomic E-state index is 15.6. The fourth-order valence-corrected chi connectivity index (χ4v) is 12.9. The van der Waals surface area contributed by atoms with E-state index in [1.807, 2.05) is 6.92 Å². The molecule has 3 aromatic heterocycles. The van der Waals surface area contributed by atoms with Crippen LogP contribution in [0.2, 0.25) is 0 Å². The smallest absolute Gasteiger partial charge is 0.268 e. The predicted octanol–water partition coefficient (Wildman–Crippen LogP) is 8.66. The highest BCUT2D eigenvalue weighted by Gasteiger charge is 2.49. The molecule has 1 spiro atoms. The molecule has 2 aliphatic carbocycles. The summed E-state index contributed by atoms with van der Waals surface area (Å²) in [6, 6.07) is 19.7. The van der Waals surface area contributed by atoms with Gasteiger partial charge in [0.1, 0.15) is 33.3 Å². The quantitative estimate of drug-likeness (QED) is 0.0552. The van der Waals surface area contributed by atoms with E-state index in [0.717, 1.165) is 64.1 Å². The summed E-state index contributed by atoms with van der Waals surface area (Å²) in [6.45, 7) is 10.4. The number of amides is 1. The lowest BCUT2D eigenvalue weighted by molar-refractivity contribution is -0.750. The Hall–Kier alpha value is -5.72. The summed E-state index contributed by atoms with van der Waals surface area (Å²) in [4.78, 5) is 29.8. The van der Waals surface area contributed by atoms with Gasteiger partial charge in [-0.1, -0.05) is 44.5 Å². The van der Waals surface area contributed by atoms with Crippen molar-refractivity contribution in [2.24, 2.45) is 11.3 Å². The average molecular weight is 977 g/mol. The Morgan fingerprint density at radius 2 is 1.74 bits per heavy atom. The third kappa shape index (κ3) is 9.34. The Bertz CT molecular complexity index is 3050. The van der Waals surface area contributed by atoms with Crippen molar-refractivity contribution in [3.05, 3.63) is 113 Å². The molecule has 6 aromatic rings. The molecule has 3 atom stereocenters. The van der Waals surface area contributed by atoms with E-state index < -0.39 is 44.1 Å². The van der Waals surface area contributed by atoms with Crippen molar-refractivity contribution in [3.63, 3.8) is 0 Å². The highest BCUT2D eigenvalue weighted by atomic mass is 32.2. The minimum Gasteiger partial charge on any atom is -0.629 e. The Balaban J connectivity index is 0.898. The van der Waals surface area contributed by atoms with Gasteiger partial charge < -0.3 is 35.3 Å². The van der Waals surface area contributed by atoms with Gasteiger partial charge in [-0.15, -0.1) is 0 Å². The first kappa shape index (κ1) is 47.9. The van der Waals surface area contributed by atoms with Crippen LogP contribution in [0.5, 0.6) is 11.5 Å². The van der Waals surface area contributed by atoms with Crippen LogP contribution in [0.3, 0.4) is 0 Å². The second-order valence-electron chi connectivity index (χ2n) is 20.9. The molecular formula is C53H62F2N8O6S. The number of sulfonamides is 1. The first-order chi connectivity index (χ1) is 33.5. The predicted molar refractivity (Wildman–Crippen MR) is 266 cm³/mol. The van der Waals surface area contributed by atoms with E-state index in [2.05, 4.69) is 72.9 Å². The number of nitrogens with zero attached hydrogens (tertiary/aromatic N) is 4. The molecular weight excluding hydrogens is 915 g/mol. The van der Waals surface area contributed by atoms with Gasteiger partial charge in [-0.05, 0) is 123 Å². The minimum absolute atomic E-state index is 0.0307. The molecule has 5 N–H and O–H groups in total. The van der Waals surface area contributed by atoms with Crippen LogP contribution < -0.4 is 24.7 Å². The third-order valence-corrected chi connectivity index (χ3v) is 17.1. The largest absolute Gasteiger partial charge is 0.629 e. The van der Waals surface area contributed by atoms with Crippen LogP contribution >= 0.6 is 0 Å². The number of hydrogen-bond donors (Lipinski definition) is 5. The van der Waals surface area contributed by atoms with E-state index in [0.29, 0.717) is 48.6 Å². The molecule has 2 aliphatic heterocycles. The van der Waals surface area contributed by atoms with Crippen LogP contribution in [-0.4, -0.2) is 90.7 Å². The summed E-state index contributed by atoms with van der Waals surface area (Å²) in [5.74, 6) is -2.22. The van der Waals surface area contributed by atoms with Gasteiger partial charge in [0.15, 0.2) is 11.4 Å². The number of anilines is 2. The summed E-state index contributed by atoms with van der Waals surface area (Å²) < 4.78 is 67.5. The molecule has 2 saturated heterocycles. The number of nitrogens with one attached hydrogen (secondary N) is 4. The fraction of sp³-hybridized carbons (Fsp3) is 0.453. The number of ether oxygens (including phenoxy) is 1. The maximum atomic E-state index is 15.6. The zero-order chi connectivity index (χ0) is 49.1. The lowest BCUT2D eigenvalue weighted by atomic mass is 9.70. The van der Waals surface area contributed by atoms with Crippen molar-refractivity contribution < 1.29 is 36.9 Å². The monoisotopic (exact) mass is 976 g/mol. The molecule has 14 nitrogen and oxygen atoms in total. The highest BCUT2D eigenvalue weighted by Crippen LogP contribution is 2.49. The molecule has 370 valence electrons. The molecule has 4 fully saturated rings. The number of carbonyl (C=O) groups excluding carboxylic acids is 1. The number of pyridine rings is 2. The standard InChI is InChI=1S/C53H62F2N8O6S/c1-32(2)35-9-5-6-10-36(35)37-11-7-13-42(37)63-30-53(31-63)20-23-62(24-21-53)34-14-15-38(44(25-34)69-45-26-40-41(54)29-58-50(40)59-49(45)55)51(64)60-70(67,68)46-27-43(61(4)66)48(47-39(46)12-8-22-56-47)57-28-33-16-18-52(3,65)19-17-33/h5-6,8-10,12,14-15,22,25-27,29,32-33,37,42,57,61,65H,7,11,13,16-21,23-24,28,30-31H2,1-4H3,(H,58,59)(H,60,64)/t33-,37-,42-,52-/m0/s1. The number of aromatic nitrogens is 3. The number of rotatable bonds is 13. The van der Waals surface area contributed by atoms with Crippen molar-refractivity contribution in [3.8, 4) is 11.5 Å². The number of likely N-dealkylation sites (tertiary alicyclic amines) is 1. The van der Waals surface area contributed by atoms with Crippen molar-refractivity contribution in [1.29, 1.82) is 0 Å². The van der Waals surface area contributed by atoms with Gasteiger partial charge in [-0.2, -0.15) is 9.37 Å². The number of aromatic amines is 1. The molecule has 4 aliphatic rings. The number of hydrogen-bond acceptors (Lipinski definition) is 11. The first-order valence-corrected chi connectivity index (χ1v) is 26.2. The van der Waals surface area contributed by atoms with Gasteiger partial charge in [0.05, 0.1) is 23.6 Å². The topological polar surface area (TPSA) is 180 Å². The normalized spacial score (nSPS) is 23.2. The summed E-state index contributed by atoms with van der Waals surface area (Å²) in [7, 11) is -3.38. The SMILES string of the molecule is CC(C)c1ccccc1[C@@H]1CCC[C@@H]1N1CC2(CCN(c3ccc(C(=O)NS(=O)(=O)c4cc([NH+](C)[O-])c(NC[C@H]5CC[C@](C)(O)CC5)c5ncccc45)c(Oc4cc5c(F)c[nH]c5nc4F)c3)CC2)C1. The summed E-state index contributed by atoms with van der Waals surface area (Å²) in [5, 5.41) is 26.8. The maximum Gasteiger partial charge on any atom is 0.268 e. The number of carbonyl (C=O) groups is 1. The summed E-state index contributed by atoms with van der Waals surface area (Å²) in [6.07, 6.45) is 10.9. The number of quaternary nitrogens is 1. The van der Waals surface area contributed by atoms with Gasteiger partial charge in [-0.3, -0.25) is 14.7 Å². The van der Waals surface area contributed by atoms with E-state index in [9.17, 15) is 27.9 Å². The van der Waals surface area contributed by atoms with Crippen LogP contribution in [0.25, 0.3) is 21.9 Å². The zero-order valence-corrected chi connectivity index (χ0v) is 41.0. The van der Waals surface area contributed by atoms with Crippen LogP contribution in [0.15, 0.2) is 84.0 Å². The fourth-order valence-electron chi connectivity index (χ4n) is 11.7. The van der Waals surface area contributed by atoms with Gasteiger partial charge in [-0.25, -0.2) is 17.5 Å². The Morgan fingerprint density at radius 3 is 2.49 bits per heavy atom. The van der Waals surface area contributed by atoms with Gasteiger partial charge in [0.25, 0.3) is 21.9 Å². The van der Waals surface area contributed by atoms with Crippen LogP contribution in [0.1, 0.15) is 112 Å². The highest BCUT2D eigenvalue weighted by molar-refractivity contribution is 7.90. The molecule has 10 rings (SSSR count). The molecule has 3 aromatic carbocycles. The average Bonchev–Trinajstić information content (AvgIpc) is 3.96. The van der Waals surface area contributed by atoms with E-state index in [1.54, 1.807) is 24.3 Å². The number of hydroxylamine groups is 1. The zero-order valence-electron chi connectivity index (χ0n) is 40.2. The number of aliphatic hydroxyl groups is 1. The molecule has 17 heteroatoms. The van der Waals surface area contributed by atoms with Gasteiger partial charge in [0.2, 0.25) is 0 Å². The molecule has 70 heavy (non-hydrogen) atoms. The van der Waals surface area contributed by atoms with E-state index in [1.165, 1.54) is 55.8 Å². The van der Waals surface area contributed by atoms with Crippen molar-refractivity contribution >= 4 is 54.9 Å². The molecule has 1 amide bonds. The van der Waals surface area contributed by atoms with Crippen LogP contribution in [0.4, 0.5) is 25.8 Å². The van der Waals surface area contributed by atoms with Crippen LogP contribution in [-0.2, 0) is 10.0 Å². The molecule has 5 heterocycles.